The quantitative estimate of drug-likeness (QED) is 0.281. The van der Waals surface area contributed by atoms with Gasteiger partial charge in [0.15, 0.2) is 6.29 Å². The SMILES string of the molecule is O=Cc1ccc(N2CCN(CCCCCOc3ccc4c(c3)CCN(C3CCC(=O)NC3=O)C4=O)CC2)nc1. The molecule has 1 aromatic carbocycles. The average Bonchev–Trinajstić information content (AvgIpc) is 2.96. The smallest absolute Gasteiger partial charge is 0.254 e. The lowest BCUT2D eigenvalue weighted by atomic mass is 9.95. The maximum absolute atomic E-state index is 13.0. The van der Waals surface area contributed by atoms with E-state index in [0.717, 1.165) is 75.4 Å². The number of pyridine rings is 1. The van der Waals surface area contributed by atoms with Crippen molar-refractivity contribution in [3.63, 3.8) is 0 Å². The standard InChI is InChI=1S/C29H35N5O5/c35-20-21-4-8-26(30-19-21)33-15-13-32(14-16-33)11-2-1-3-17-39-23-5-6-24-22(18-23)10-12-34(29(24)38)25-7-9-27(36)31-28(25)37/h4-6,8,18-20,25H,1-3,7,9-17H2,(H,31,36,37). The molecule has 0 spiro atoms. The Hall–Kier alpha value is -3.79. The zero-order valence-electron chi connectivity index (χ0n) is 22.1. The Morgan fingerprint density at radius 1 is 0.974 bits per heavy atom. The van der Waals surface area contributed by atoms with Gasteiger partial charge < -0.3 is 14.5 Å². The zero-order chi connectivity index (χ0) is 27.2. The number of anilines is 1. The number of hydrogen-bond acceptors (Lipinski definition) is 8. The summed E-state index contributed by atoms with van der Waals surface area (Å²) in [6.45, 7) is 6.02. The predicted octanol–water partition coefficient (Wildman–Crippen LogP) is 2.07. The zero-order valence-corrected chi connectivity index (χ0v) is 22.1. The van der Waals surface area contributed by atoms with Crippen molar-refractivity contribution in [3.05, 3.63) is 53.2 Å². The lowest BCUT2D eigenvalue weighted by molar-refractivity contribution is -0.136. The summed E-state index contributed by atoms with van der Waals surface area (Å²) in [4.78, 5) is 58.2. The molecule has 3 amide bonds. The molecule has 10 nitrogen and oxygen atoms in total. The van der Waals surface area contributed by atoms with Gasteiger partial charge in [-0.05, 0) is 74.5 Å². The van der Waals surface area contributed by atoms with Crippen molar-refractivity contribution >= 4 is 29.8 Å². The molecular formula is C29H35N5O5. The van der Waals surface area contributed by atoms with Crippen LogP contribution in [-0.2, 0) is 16.0 Å². The van der Waals surface area contributed by atoms with Crippen LogP contribution in [0.15, 0.2) is 36.5 Å². The molecular weight excluding hydrogens is 498 g/mol. The summed E-state index contributed by atoms with van der Waals surface area (Å²) in [5, 5.41) is 2.34. The van der Waals surface area contributed by atoms with Gasteiger partial charge in [0.1, 0.15) is 17.6 Å². The third kappa shape index (κ3) is 6.44. The number of hydrogen-bond donors (Lipinski definition) is 1. The average molecular weight is 534 g/mol. The van der Waals surface area contributed by atoms with Gasteiger partial charge in [-0.3, -0.25) is 29.4 Å². The van der Waals surface area contributed by atoms with Gasteiger partial charge >= 0.3 is 0 Å². The molecule has 2 aromatic rings. The number of amides is 3. The van der Waals surface area contributed by atoms with Crippen molar-refractivity contribution in [3.8, 4) is 5.75 Å². The highest BCUT2D eigenvalue weighted by molar-refractivity contribution is 6.04. The molecule has 1 aromatic heterocycles. The van der Waals surface area contributed by atoms with Crippen LogP contribution in [0.5, 0.6) is 5.75 Å². The number of fused-ring (bicyclic) bond motifs is 1. The topological polar surface area (TPSA) is 112 Å². The van der Waals surface area contributed by atoms with Crippen LogP contribution in [0.4, 0.5) is 5.82 Å². The van der Waals surface area contributed by atoms with E-state index in [9.17, 15) is 19.2 Å². The lowest BCUT2D eigenvalue weighted by Crippen LogP contribution is -2.55. The maximum Gasteiger partial charge on any atom is 0.254 e. The molecule has 5 rings (SSSR count). The van der Waals surface area contributed by atoms with Gasteiger partial charge in [0.2, 0.25) is 11.8 Å². The number of carbonyl (C=O) groups excluding carboxylic acids is 4. The van der Waals surface area contributed by atoms with E-state index in [-0.39, 0.29) is 24.1 Å². The fourth-order valence-corrected chi connectivity index (χ4v) is 5.51. The molecule has 2 saturated heterocycles. The molecule has 0 radical (unpaired) electrons. The van der Waals surface area contributed by atoms with Crippen LogP contribution >= 0.6 is 0 Å². The first-order chi connectivity index (χ1) is 19.0. The first-order valence-electron chi connectivity index (χ1n) is 13.8. The van der Waals surface area contributed by atoms with Crippen LogP contribution in [0.1, 0.15) is 58.4 Å². The van der Waals surface area contributed by atoms with Crippen LogP contribution in [-0.4, -0.2) is 90.7 Å². The third-order valence-electron chi connectivity index (χ3n) is 7.77. The fourth-order valence-electron chi connectivity index (χ4n) is 5.51. The number of nitrogens with one attached hydrogen (secondary N) is 1. The summed E-state index contributed by atoms with van der Waals surface area (Å²) >= 11 is 0. The second-order valence-electron chi connectivity index (χ2n) is 10.3. The van der Waals surface area contributed by atoms with E-state index in [1.807, 2.05) is 24.3 Å². The summed E-state index contributed by atoms with van der Waals surface area (Å²) in [7, 11) is 0. The second kappa shape index (κ2) is 12.4. The van der Waals surface area contributed by atoms with Crippen molar-refractivity contribution in [2.75, 3.05) is 50.8 Å². The number of unbranched alkanes of at least 4 members (excludes halogenated alkanes) is 2. The Labute approximate surface area is 228 Å². The first-order valence-corrected chi connectivity index (χ1v) is 13.8. The molecule has 0 saturated carbocycles. The summed E-state index contributed by atoms with van der Waals surface area (Å²) in [5.74, 6) is 0.867. The number of imide groups is 1. The Bertz CT molecular complexity index is 1210. The number of rotatable bonds is 10. The van der Waals surface area contributed by atoms with E-state index >= 15 is 0 Å². The minimum absolute atomic E-state index is 0.162. The van der Waals surface area contributed by atoms with Crippen LogP contribution in [0, 0.1) is 0 Å². The Kier molecular flexibility index (Phi) is 8.51. The van der Waals surface area contributed by atoms with Crippen molar-refractivity contribution in [2.24, 2.45) is 0 Å². The third-order valence-corrected chi connectivity index (χ3v) is 7.77. The molecule has 3 aliphatic rings. The number of benzene rings is 1. The van der Waals surface area contributed by atoms with Crippen LogP contribution < -0.4 is 15.0 Å². The van der Waals surface area contributed by atoms with Gasteiger partial charge in [0.05, 0.1) is 6.61 Å². The highest BCUT2D eigenvalue weighted by Crippen LogP contribution is 2.27. The number of nitrogens with zero attached hydrogens (tertiary/aromatic N) is 4. The molecule has 2 fully saturated rings. The first kappa shape index (κ1) is 26.8. The summed E-state index contributed by atoms with van der Waals surface area (Å²) in [6, 6.07) is 8.70. The van der Waals surface area contributed by atoms with Crippen LogP contribution in [0.3, 0.4) is 0 Å². The molecule has 1 atom stereocenters. The van der Waals surface area contributed by atoms with Crippen molar-refractivity contribution in [1.82, 2.24) is 20.1 Å². The summed E-state index contributed by atoms with van der Waals surface area (Å²) in [5.41, 5.74) is 2.14. The van der Waals surface area contributed by atoms with Gasteiger partial charge in [0.25, 0.3) is 5.91 Å². The number of aldehydes is 1. The van der Waals surface area contributed by atoms with Gasteiger partial charge in [-0.1, -0.05) is 0 Å². The summed E-state index contributed by atoms with van der Waals surface area (Å²) in [6.07, 6.45) is 6.89. The molecule has 39 heavy (non-hydrogen) atoms. The van der Waals surface area contributed by atoms with E-state index in [1.165, 1.54) is 0 Å². The highest BCUT2D eigenvalue weighted by Gasteiger charge is 2.37. The normalized spacial score (nSPS) is 20.0. The van der Waals surface area contributed by atoms with E-state index in [2.05, 4.69) is 20.1 Å². The second-order valence-corrected chi connectivity index (χ2v) is 10.3. The molecule has 1 unspecified atom stereocenters. The molecule has 206 valence electrons. The van der Waals surface area contributed by atoms with E-state index in [0.29, 0.717) is 37.1 Å². The minimum Gasteiger partial charge on any atom is -0.494 e. The molecule has 1 N–H and O–H groups in total. The van der Waals surface area contributed by atoms with Gasteiger partial charge in [0, 0.05) is 56.5 Å². The van der Waals surface area contributed by atoms with Gasteiger partial charge in [-0.2, -0.15) is 0 Å². The number of ether oxygens (including phenoxy) is 1. The van der Waals surface area contributed by atoms with Crippen molar-refractivity contribution in [2.45, 2.75) is 44.6 Å². The molecule has 4 heterocycles. The van der Waals surface area contributed by atoms with Crippen molar-refractivity contribution in [1.29, 1.82) is 0 Å². The van der Waals surface area contributed by atoms with Crippen LogP contribution in [0.25, 0.3) is 0 Å². The number of piperidine rings is 1. The van der Waals surface area contributed by atoms with E-state index in [4.69, 9.17) is 4.74 Å². The largest absolute Gasteiger partial charge is 0.494 e. The van der Waals surface area contributed by atoms with Gasteiger partial charge in [-0.15, -0.1) is 0 Å². The number of carbonyl (C=O) groups is 4. The molecule has 0 aliphatic carbocycles. The lowest BCUT2D eigenvalue weighted by Gasteiger charge is -2.36. The summed E-state index contributed by atoms with van der Waals surface area (Å²) < 4.78 is 5.98. The maximum atomic E-state index is 13.0. The Morgan fingerprint density at radius 2 is 1.82 bits per heavy atom. The Morgan fingerprint density at radius 3 is 2.56 bits per heavy atom. The minimum atomic E-state index is -0.582. The number of aromatic nitrogens is 1. The van der Waals surface area contributed by atoms with E-state index < -0.39 is 6.04 Å². The highest BCUT2D eigenvalue weighted by atomic mass is 16.5. The fraction of sp³-hybridized carbons (Fsp3) is 0.483. The monoisotopic (exact) mass is 533 g/mol. The van der Waals surface area contributed by atoms with Gasteiger partial charge in [-0.25, -0.2) is 4.98 Å². The molecule has 0 bridgehead atoms. The molecule has 10 heteroatoms. The molecule has 3 aliphatic heterocycles. The van der Waals surface area contributed by atoms with Crippen LogP contribution in [0.2, 0.25) is 0 Å². The van der Waals surface area contributed by atoms with Crippen molar-refractivity contribution < 1.29 is 23.9 Å². The Balaban J connectivity index is 0.996. The number of piperazine rings is 1. The van der Waals surface area contributed by atoms with E-state index in [1.54, 1.807) is 17.2 Å². The predicted molar refractivity (Wildman–Crippen MR) is 145 cm³/mol.